The Labute approximate surface area is 175 Å². The van der Waals surface area contributed by atoms with E-state index in [0.717, 1.165) is 63.0 Å². The van der Waals surface area contributed by atoms with Crippen LogP contribution in [-0.2, 0) is 4.79 Å². The minimum absolute atomic E-state index is 0.0829. The lowest BCUT2D eigenvalue weighted by molar-refractivity contribution is -0.126. The summed E-state index contributed by atoms with van der Waals surface area (Å²) in [7, 11) is 0. The number of anilines is 1. The van der Waals surface area contributed by atoms with Crippen LogP contribution in [-0.4, -0.2) is 41.2 Å². The third-order valence-corrected chi connectivity index (χ3v) is 6.16. The molecule has 1 aromatic heterocycles. The first kappa shape index (κ1) is 20.7. The number of pyridine rings is 1. The number of amides is 1. The second-order valence-corrected chi connectivity index (χ2v) is 8.33. The van der Waals surface area contributed by atoms with Gasteiger partial charge in [0.05, 0.1) is 12.0 Å². The van der Waals surface area contributed by atoms with E-state index in [2.05, 4.69) is 15.2 Å². The minimum atomic E-state index is -0.881. The van der Waals surface area contributed by atoms with Crippen LogP contribution in [0.5, 0.6) is 0 Å². The Balaban J connectivity index is 1.38. The molecule has 0 unspecified atom stereocenters. The summed E-state index contributed by atoms with van der Waals surface area (Å²) in [4.78, 5) is 19.3. The van der Waals surface area contributed by atoms with Crippen molar-refractivity contribution in [1.82, 2.24) is 10.3 Å². The average molecular weight is 415 g/mol. The van der Waals surface area contributed by atoms with Gasteiger partial charge in [0.2, 0.25) is 5.91 Å². The molecule has 2 heterocycles. The third kappa shape index (κ3) is 4.78. The molecule has 2 aliphatic rings. The summed E-state index contributed by atoms with van der Waals surface area (Å²) >= 11 is 0. The highest BCUT2D eigenvalue weighted by Crippen LogP contribution is 2.26. The Hall–Kier alpha value is -2.54. The summed E-state index contributed by atoms with van der Waals surface area (Å²) in [6.07, 6.45) is 6.33. The van der Waals surface area contributed by atoms with Gasteiger partial charge in [0, 0.05) is 30.9 Å². The highest BCUT2D eigenvalue weighted by molar-refractivity contribution is 5.80. The van der Waals surface area contributed by atoms with Crippen molar-refractivity contribution in [2.75, 3.05) is 18.0 Å². The van der Waals surface area contributed by atoms with E-state index in [-0.39, 0.29) is 24.0 Å². The van der Waals surface area contributed by atoms with E-state index >= 15 is 0 Å². The van der Waals surface area contributed by atoms with Gasteiger partial charge in [-0.15, -0.1) is 0 Å². The van der Waals surface area contributed by atoms with E-state index < -0.39 is 11.6 Å². The number of nitrogens with zero attached hydrogens (tertiary/aromatic N) is 2. The molecule has 4 rings (SSSR count). The van der Waals surface area contributed by atoms with Crippen molar-refractivity contribution in [3.05, 3.63) is 48.2 Å². The van der Waals surface area contributed by atoms with E-state index in [9.17, 15) is 18.7 Å². The normalized spacial score (nSPS) is 24.5. The molecule has 2 fully saturated rings. The lowest BCUT2D eigenvalue weighted by Gasteiger charge is -2.34. The van der Waals surface area contributed by atoms with Gasteiger partial charge in [-0.3, -0.25) is 4.79 Å². The van der Waals surface area contributed by atoms with Gasteiger partial charge in [0.1, 0.15) is 5.82 Å². The number of hydrogen-bond acceptors (Lipinski definition) is 4. The predicted molar refractivity (Wildman–Crippen MR) is 111 cm³/mol. The number of carbonyl (C=O) groups excluding carboxylic acids is 1. The minimum Gasteiger partial charge on any atom is -0.393 e. The molecule has 1 saturated carbocycles. The zero-order valence-electron chi connectivity index (χ0n) is 16.9. The fourth-order valence-electron chi connectivity index (χ4n) is 4.36. The van der Waals surface area contributed by atoms with Gasteiger partial charge in [-0.1, -0.05) is 6.07 Å². The third-order valence-electron chi connectivity index (χ3n) is 6.16. The molecule has 160 valence electrons. The van der Waals surface area contributed by atoms with Crippen molar-refractivity contribution < 1.29 is 18.7 Å². The van der Waals surface area contributed by atoms with Crippen LogP contribution in [0.2, 0.25) is 0 Å². The van der Waals surface area contributed by atoms with Gasteiger partial charge in [0.25, 0.3) is 0 Å². The van der Waals surface area contributed by atoms with Crippen LogP contribution in [0.25, 0.3) is 11.1 Å². The van der Waals surface area contributed by atoms with E-state index in [1.807, 2.05) is 12.1 Å². The van der Waals surface area contributed by atoms with Crippen LogP contribution in [0.1, 0.15) is 38.5 Å². The largest absolute Gasteiger partial charge is 0.393 e. The van der Waals surface area contributed by atoms with Crippen molar-refractivity contribution in [1.29, 1.82) is 0 Å². The fourth-order valence-corrected chi connectivity index (χ4v) is 4.36. The second kappa shape index (κ2) is 9.08. The Morgan fingerprint density at radius 2 is 1.80 bits per heavy atom. The van der Waals surface area contributed by atoms with Crippen LogP contribution in [0.4, 0.5) is 14.6 Å². The molecule has 2 N–H and O–H groups in total. The van der Waals surface area contributed by atoms with Crippen LogP contribution in [0.3, 0.4) is 0 Å². The molecular weight excluding hydrogens is 388 g/mol. The first-order valence-electron chi connectivity index (χ1n) is 10.6. The summed E-state index contributed by atoms with van der Waals surface area (Å²) in [5.74, 6) is -0.975. The number of hydrogen-bond donors (Lipinski definition) is 2. The highest BCUT2D eigenvalue weighted by Gasteiger charge is 2.29. The fraction of sp³-hybridized carbons (Fsp3) is 0.478. The summed E-state index contributed by atoms with van der Waals surface area (Å²) in [5.41, 5.74) is 1.28. The lowest BCUT2D eigenvalue weighted by atomic mass is 9.91. The van der Waals surface area contributed by atoms with Gasteiger partial charge in [-0.05, 0) is 68.4 Å². The standard InChI is InChI=1S/C23H27F2N3O2/c24-20-9-3-15(12-21(20)25)16-4-10-22(26-13-16)28-11-1-2-17(14-28)23(30)27-18-5-7-19(29)8-6-18/h3-4,9-10,12-13,17-19,29H,1-2,5-8,11,14H2,(H,27,30)/t17-,18?,19?/m0/s1. The predicted octanol–water partition coefficient (Wildman–Crippen LogP) is 3.66. The molecule has 5 nitrogen and oxygen atoms in total. The van der Waals surface area contributed by atoms with Gasteiger partial charge < -0.3 is 15.3 Å². The zero-order valence-corrected chi connectivity index (χ0v) is 16.9. The van der Waals surface area contributed by atoms with Crippen LogP contribution in [0.15, 0.2) is 36.5 Å². The number of rotatable bonds is 4. The summed E-state index contributed by atoms with van der Waals surface area (Å²) < 4.78 is 26.6. The van der Waals surface area contributed by atoms with Crippen molar-refractivity contribution in [2.45, 2.75) is 50.7 Å². The average Bonchev–Trinajstić information content (AvgIpc) is 2.77. The molecule has 30 heavy (non-hydrogen) atoms. The molecule has 0 spiro atoms. The monoisotopic (exact) mass is 415 g/mol. The number of nitrogens with one attached hydrogen (secondary N) is 1. The summed E-state index contributed by atoms with van der Waals surface area (Å²) in [6.45, 7) is 1.44. The molecular formula is C23H27F2N3O2. The molecule has 0 radical (unpaired) electrons. The van der Waals surface area contributed by atoms with Gasteiger partial charge in [0.15, 0.2) is 11.6 Å². The van der Waals surface area contributed by atoms with E-state index in [4.69, 9.17) is 0 Å². The van der Waals surface area contributed by atoms with Crippen LogP contribution < -0.4 is 10.2 Å². The summed E-state index contributed by atoms with van der Waals surface area (Å²) in [6, 6.07) is 7.66. The first-order chi connectivity index (χ1) is 14.5. The topological polar surface area (TPSA) is 65.5 Å². The molecule has 1 aliphatic heterocycles. The lowest BCUT2D eigenvalue weighted by Crippen LogP contribution is -2.47. The number of carbonyl (C=O) groups is 1. The SMILES string of the molecule is O=C(NC1CCC(O)CC1)[C@H]1CCCN(c2ccc(-c3ccc(F)c(F)c3)cn2)C1. The molecule has 1 atom stereocenters. The van der Waals surface area contributed by atoms with Crippen LogP contribution in [0, 0.1) is 17.6 Å². The first-order valence-corrected chi connectivity index (χ1v) is 10.6. The van der Waals surface area contributed by atoms with Crippen molar-refractivity contribution in [3.8, 4) is 11.1 Å². The van der Waals surface area contributed by atoms with E-state index in [1.165, 1.54) is 6.07 Å². The number of aromatic nitrogens is 1. The number of halogens is 2. The van der Waals surface area contributed by atoms with Gasteiger partial charge in [-0.25, -0.2) is 13.8 Å². The number of piperidine rings is 1. The molecule has 1 aromatic carbocycles. The molecule has 0 bridgehead atoms. The van der Waals surface area contributed by atoms with E-state index in [1.54, 1.807) is 6.20 Å². The van der Waals surface area contributed by atoms with Crippen molar-refractivity contribution >= 4 is 11.7 Å². The number of aliphatic hydroxyl groups is 1. The summed E-state index contributed by atoms with van der Waals surface area (Å²) in [5, 5.41) is 12.8. The molecule has 2 aromatic rings. The maximum atomic E-state index is 13.5. The highest BCUT2D eigenvalue weighted by atomic mass is 19.2. The van der Waals surface area contributed by atoms with Gasteiger partial charge >= 0.3 is 0 Å². The van der Waals surface area contributed by atoms with Crippen molar-refractivity contribution in [2.24, 2.45) is 5.92 Å². The Kier molecular flexibility index (Phi) is 6.27. The maximum absolute atomic E-state index is 13.5. The molecule has 1 aliphatic carbocycles. The molecule has 1 saturated heterocycles. The second-order valence-electron chi connectivity index (χ2n) is 8.33. The molecule has 1 amide bonds. The Morgan fingerprint density at radius 3 is 2.50 bits per heavy atom. The quantitative estimate of drug-likeness (QED) is 0.800. The smallest absolute Gasteiger partial charge is 0.225 e. The Morgan fingerprint density at radius 1 is 1.03 bits per heavy atom. The van der Waals surface area contributed by atoms with Crippen molar-refractivity contribution in [3.63, 3.8) is 0 Å². The van der Waals surface area contributed by atoms with Gasteiger partial charge in [-0.2, -0.15) is 0 Å². The Bertz CT molecular complexity index is 883. The number of benzene rings is 1. The maximum Gasteiger partial charge on any atom is 0.225 e. The number of aliphatic hydroxyl groups excluding tert-OH is 1. The zero-order chi connectivity index (χ0) is 21.1. The molecule has 7 heteroatoms. The van der Waals surface area contributed by atoms with E-state index in [0.29, 0.717) is 17.7 Å². The van der Waals surface area contributed by atoms with Crippen LogP contribution >= 0.6 is 0 Å².